The fourth-order valence-corrected chi connectivity index (χ4v) is 4.23. The van der Waals surface area contributed by atoms with Gasteiger partial charge in [-0.05, 0) is 24.0 Å². The summed E-state index contributed by atoms with van der Waals surface area (Å²) in [4.78, 5) is 9.05. The predicted molar refractivity (Wildman–Crippen MR) is 106 cm³/mol. The van der Waals surface area contributed by atoms with Crippen LogP contribution in [-0.2, 0) is 6.42 Å². The lowest BCUT2D eigenvalue weighted by Crippen LogP contribution is -2.37. The second kappa shape index (κ2) is 6.48. The minimum atomic E-state index is -1.27. The van der Waals surface area contributed by atoms with Crippen LogP contribution in [0.25, 0.3) is 22.2 Å². The van der Waals surface area contributed by atoms with Gasteiger partial charge in [-0.3, -0.25) is 0 Å². The molecule has 0 atom stereocenters. The largest absolute Gasteiger partial charge is 0.236 e. The van der Waals surface area contributed by atoms with Crippen molar-refractivity contribution in [1.82, 2.24) is 9.97 Å². The Hall–Kier alpha value is -2.00. The SMILES string of the molecule is CC(C)Cc1ccc2c(-c3ccc([Si](C)(C)C)cc3)ncnc2c1. The predicted octanol–water partition coefficient (Wildman–Crippen LogP) is 5.04. The molecule has 0 unspecified atom stereocenters. The zero-order valence-electron chi connectivity index (χ0n) is 15.3. The van der Waals surface area contributed by atoms with Gasteiger partial charge in [0.25, 0.3) is 0 Å². The minimum absolute atomic E-state index is 0.651. The number of rotatable bonds is 4. The smallest absolute Gasteiger partial charge is 0.116 e. The molecule has 0 amide bonds. The van der Waals surface area contributed by atoms with Crippen LogP contribution in [0.15, 0.2) is 48.8 Å². The Kier molecular flexibility index (Phi) is 4.55. The third-order valence-corrected chi connectivity index (χ3v) is 6.43. The summed E-state index contributed by atoms with van der Waals surface area (Å²) in [6.45, 7) is 11.6. The van der Waals surface area contributed by atoms with Crippen molar-refractivity contribution in [2.75, 3.05) is 0 Å². The fourth-order valence-electron chi connectivity index (χ4n) is 3.06. The maximum atomic E-state index is 4.56. The molecule has 0 aliphatic rings. The summed E-state index contributed by atoms with van der Waals surface area (Å²) < 4.78 is 0. The molecule has 2 aromatic carbocycles. The van der Waals surface area contributed by atoms with E-state index in [4.69, 9.17) is 0 Å². The van der Waals surface area contributed by atoms with Crippen molar-refractivity contribution in [1.29, 1.82) is 0 Å². The van der Waals surface area contributed by atoms with E-state index in [1.54, 1.807) is 6.33 Å². The van der Waals surface area contributed by atoms with Gasteiger partial charge in [-0.15, -0.1) is 0 Å². The van der Waals surface area contributed by atoms with Gasteiger partial charge in [0.05, 0.1) is 19.3 Å². The molecule has 0 N–H and O–H groups in total. The highest BCUT2D eigenvalue weighted by Crippen LogP contribution is 2.26. The summed E-state index contributed by atoms with van der Waals surface area (Å²) >= 11 is 0. The third kappa shape index (κ3) is 3.56. The monoisotopic (exact) mass is 334 g/mol. The van der Waals surface area contributed by atoms with Gasteiger partial charge in [-0.1, -0.05) is 75.1 Å². The molecule has 0 saturated carbocycles. The zero-order valence-corrected chi connectivity index (χ0v) is 16.3. The maximum absolute atomic E-state index is 4.56. The first kappa shape index (κ1) is 16.8. The first-order valence-electron chi connectivity index (χ1n) is 8.69. The number of benzene rings is 2. The molecule has 0 spiro atoms. The van der Waals surface area contributed by atoms with Crippen molar-refractivity contribution < 1.29 is 0 Å². The van der Waals surface area contributed by atoms with Gasteiger partial charge >= 0.3 is 0 Å². The highest BCUT2D eigenvalue weighted by Gasteiger charge is 2.16. The summed E-state index contributed by atoms with van der Waals surface area (Å²) in [5.74, 6) is 0.651. The molecule has 1 heterocycles. The van der Waals surface area contributed by atoms with Crippen molar-refractivity contribution in [2.24, 2.45) is 5.92 Å². The molecular formula is C21H26N2Si. The van der Waals surface area contributed by atoms with Gasteiger partial charge in [-0.2, -0.15) is 0 Å². The van der Waals surface area contributed by atoms with E-state index in [2.05, 4.69) is 85.9 Å². The Morgan fingerprint density at radius 3 is 2.25 bits per heavy atom. The van der Waals surface area contributed by atoms with E-state index in [0.29, 0.717) is 5.92 Å². The second-order valence-electron chi connectivity index (χ2n) is 8.00. The van der Waals surface area contributed by atoms with E-state index in [-0.39, 0.29) is 0 Å². The molecule has 0 aliphatic carbocycles. The second-order valence-corrected chi connectivity index (χ2v) is 13.1. The average molecular weight is 335 g/mol. The van der Waals surface area contributed by atoms with E-state index in [9.17, 15) is 0 Å². The van der Waals surface area contributed by atoms with Crippen LogP contribution in [0.4, 0.5) is 0 Å². The Morgan fingerprint density at radius 1 is 0.917 bits per heavy atom. The van der Waals surface area contributed by atoms with E-state index in [0.717, 1.165) is 23.0 Å². The van der Waals surface area contributed by atoms with Gasteiger partial charge in [0.1, 0.15) is 6.33 Å². The Morgan fingerprint density at radius 2 is 1.62 bits per heavy atom. The minimum Gasteiger partial charge on any atom is -0.236 e. The fraction of sp³-hybridized carbons (Fsp3) is 0.333. The van der Waals surface area contributed by atoms with Crippen LogP contribution >= 0.6 is 0 Å². The molecule has 0 aliphatic heterocycles. The van der Waals surface area contributed by atoms with Crippen LogP contribution in [0.2, 0.25) is 19.6 Å². The van der Waals surface area contributed by atoms with Crippen LogP contribution in [0, 0.1) is 5.92 Å². The van der Waals surface area contributed by atoms with Crippen LogP contribution < -0.4 is 5.19 Å². The zero-order chi connectivity index (χ0) is 17.3. The lowest BCUT2D eigenvalue weighted by atomic mass is 10.00. The van der Waals surface area contributed by atoms with Crippen molar-refractivity contribution in [3.8, 4) is 11.3 Å². The quantitative estimate of drug-likeness (QED) is 0.625. The van der Waals surface area contributed by atoms with Crippen molar-refractivity contribution in [3.05, 3.63) is 54.4 Å². The molecule has 0 fully saturated rings. The van der Waals surface area contributed by atoms with E-state index < -0.39 is 8.07 Å². The molecule has 0 bridgehead atoms. The molecule has 0 radical (unpaired) electrons. The van der Waals surface area contributed by atoms with E-state index in [1.165, 1.54) is 16.3 Å². The molecule has 0 saturated heterocycles. The van der Waals surface area contributed by atoms with Crippen molar-refractivity contribution in [3.63, 3.8) is 0 Å². The lowest BCUT2D eigenvalue weighted by molar-refractivity contribution is 0.647. The normalized spacial score (nSPS) is 12.1. The Labute approximate surface area is 146 Å². The van der Waals surface area contributed by atoms with Crippen LogP contribution in [-0.4, -0.2) is 18.0 Å². The summed E-state index contributed by atoms with van der Waals surface area (Å²) in [5, 5.41) is 2.61. The maximum Gasteiger partial charge on any atom is 0.116 e. The van der Waals surface area contributed by atoms with Crippen LogP contribution in [0.3, 0.4) is 0 Å². The number of aromatic nitrogens is 2. The number of hydrogen-bond acceptors (Lipinski definition) is 2. The summed E-state index contributed by atoms with van der Waals surface area (Å²) in [6, 6.07) is 15.5. The molecule has 1 aromatic heterocycles. The Balaban J connectivity index is 2.03. The van der Waals surface area contributed by atoms with E-state index in [1.807, 2.05) is 0 Å². The molecular weight excluding hydrogens is 308 g/mol. The highest BCUT2D eigenvalue weighted by molar-refractivity contribution is 6.88. The van der Waals surface area contributed by atoms with Gasteiger partial charge in [0, 0.05) is 10.9 Å². The number of fused-ring (bicyclic) bond motifs is 1. The molecule has 3 heteroatoms. The highest BCUT2D eigenvalue weighted by atomic mass is 28.3. The summed E-state index contributed by atoms with van der Waals surface area (Å²) in [7, 11) is -1.27. The van der Waals surface area contributed by atoms with Gasteiger partial charge in [-0.25, -0.2) is 9.97 Å². The number of nitrogens with zero attached hydrogens (tertiary/aromatic N) is 2. The van der Waals surface area contributed by atoms with E-state index >= 15 is 0 Å². The molecule has 3 rings (SSSR count). The van der Waals surface area contributed by atoms with Crippen LogP contribution in [0.5, 0.6) is 0 Å². The van der Waals surface area contributed by atoms with Crippen molar-refractivity contribution in [2.45, 2.75) is 39.9 Å². The van der Waals surface area contributed by atoms with Gasteiger partial charge < -0.3 is 0 Å². The lowest BCUT2D eigenvalue weighted by Gasteiger charge is -2.17. The molecule has 124 valence electrons. The standard InChI is InChI=1S/C21H26N2Si/c1-15(2)12-16-6-11-19-20(13-16)22-14-23-21(19)17-7-9-18(10-8-17)24(3,4)5/h6-11,13-15H,12H2,1-5H3. The molecule has 2 nitrogen and oxygen atoms in total. The first-order chi connectivity index (χ1) is 11.3. The van der Waals surface area contributed by atoms with Gasteiger partial charge in [0.15, 0.2) is 0 Å². The molecule has 24 heavy (non-hydrogen) atoms. The van der Waals surface area contributed by atoms with Crippen molar-refractivity contribution >= 4 is 24.2 Å². The summed E-state index contributed by atoms with van der Waals surface area (Å²) in [6.07, 6.45) is 2.77. The first-order valence-corrected chi connectivity index (χ1v) is 12.2. The topological polar surface area (TPSA) is 25.8 Å². The third-order valence-electron chi connectivity index (χ3n) is 4.37. The van der Waals surface area contributed by atoms with Crippen LogP contribution in [0.1, 0.15) is 19.4 Å². The van der Waals surface area contributed by atoms with Gasteiger partial charge in [0.2, 0.25) is 0 Å². The molecule has 3 aromatic rings. The average Bonchev–Trinajstić information content (AvgIpc) is 2.53. The summed E-state index contributed by atoms with van der Waals surface area (Å²) in [5.41, 5.74) is 4.57. The number of hydrogen-bond donors (Lipinski definition) is 0. The Bertz CT molecular complexity index is 846.